The van der Waals surface area contributed by atoms with Crippen LogP contribution in [0.5, 0.6) is 0 Å². The monoisotopic (exact) mass is 268 g/mol. The lowest BCUT2D eigenvalue weighted by Crippen LogP contribution is -2.38. The molecule has 0 radical (unpaired) electrons. The molecule has 1 aromatic rings. The fourth-order valence-corrected chi connectivity index (χ4v) is 2.30. The summed E-state index contributed by atoms with van der Waals surface area (Å²) in [6.45, 7) is 13.0. The van der Waals surface area contributed by atoms with E-state index in [-0.39, 0.29) is 0 Å². The van der Waals surface area contributed by atoms with E-state index < -0.39 is 0 Å². The number of likely N-dealkylation sites (N-methyl/N-ethyl adjacent to an activating group) is 1. The van der Waals surface area contributed by atoms with Gasteiger partial charge in [-0.3, -0.25) is 0 Å². The van der Waals surface area contributed by atoms with E-state index in [1.165, 1.54) is 11.1 Å². The number of halogens is 1. The number of nitrogens with one attached hydrogen (secondary N) is 1. The Morgan fingerprint density at radius 2 is 1.94 bits per heavy atom. The second kappa shape index (κ2) is 7.78. The second-order valence-corrected chi connectivity index (χ2v) is 5.28. The Hall–Kier alpha value is -0.570. The number of hydrogen-bond donors (Lipinski definition) is 1. The summed E-state index contributed by atoms with van der Waals surface area (Å²) < 4.78 is 0. The van der Waals surface area contributed by atoms with Crippen molar-refractivity contribution in [1.82, 2.24) is 10.2 Å². The van der Waals surface area contributed by atoms with Gasteiger partial charge in [0.1, 0.15) is 0 Å². The van der Waals surface area contributed by atoms with Crippen LogP contribution in [0.1, 0.15) is 31.9 Å². The normalized spacial score (nSPS) is 13.0. The highest BCUT2D eigenvalue weighted by atomic mass is 35.5. The summed E-state index contributed by atoms with van der Waals surface area (Å²) in [6, 6.07) is 6.59. The predicted octanol–water partition coefficient (Wildman–Crippen LogP) is 3.47. The maximum Gasteiger partial charge on any atom is 0.0408 e. The molecule has 0 aliphatic rings. The standard InChI is InChI=1S/C15H25ClN2/c1-5-18(6-2)11-13(4)17-10-14-7-8-15(16)9-12(14)3/h7-9,13,17H,5-6,10-11H2,1-4H3. The molecule has 1 N–H and O–H groups in total. The van der Waals surface area contributed by atoms with Crippen LogP contribution in [0.15, 0.2) is 18.2 Å². The van der Waals surface area contributed by atoms with Gasteiger partial charge in [0.2, 0.25) is 0 Å². The highest BCUT2D eigenvalue weighted by Gasteiger charge is 2.07. The first-order valence-corrected chi connectivity index (χ1v) is 7.15. The molecule has 18 heavy (non-hydrogen) atoms. The molecule has 0 saturated carbocycles. The van der Waals surface area contributed by atoms with Crippen molar-refractivity contribution in [3.05, 3.63) is 34.3 Å². The van der Waals surface area contributed by atoms with Gasteiger partial charge >= 0.3 is 0 Å². The van der Waals surface area contributed by atoms with Crippen LogP contribution < -0.4 is 5.32 Å². The highest BCUT2D eigenvalue weighted by molar-refractivity contribution is 6.30. The Bertz CT molecular complexity index is 362. The summed E-state index contributed by atoms with van der Waals surface area (Å²) in [5.41, 5.74) is 2.58. The van der Waals surface area contributed by atoms with Crippen molar-refractivity contribution in [1.29, 1.82) is 0 Å². The molecule has 102 valence electrons. The van der Waals surface area contributed by atoms with Crippen LogP contribution in [0, 0.1) is 6.92 Å². The Morgan fingerprint density at radius 1 is 1.28 bits per heavy atom. The van der Waals surface area contributed by atoms with E-state index in [1.807, 2.05) is 12.1 Å². The van der Waals surface area contributed by atoms with Crippen molar-refractivity contribution in [2.45, 2.75) is 40.3 Å². The molecular weight excluding hydrogens is 244 g/mol. The first kappa shape index (κ1) is 15.5. The van der Waals surface area contributed by atoms with E-state index in [9.17, 15) is 0 Å². The zero-order valence-electron chi connectivity index (χ0n) is 12.0. The lowest BCUT2D eigenvalue weighted by atomic mass is 10.1. The summed E-state index contributed by atoms with van der Waals surface area (Å²) in [4.78, 5) is 2.44. The first-order chi connectivity index (χ1) is 8.56. The zero-order valence-corrected chi connectivity index (χ0v) is 12.7. The molecule has 0 aliphatic carbocycles. The molecule has 0 bridgehead atoms. The summed E-state index contributed by atoms with van der Waals surface area (Å²) in [7, 11) is 0. The van der Waals surface area contributed by atoms with Crippen LogP contribution in [0.2, 0.25) is 5.02 Å². The molecular formula is C15H25ClN2. The largest absolute Gasteiger partial charge is 0.309 e. The van der Waals surface area contributed by atoms with Gasteiger partial charge in [-0.1, -0.05) is 31.5 Å². The lowest BCUT2D eigenvalue weighted by Gasteiger charge is -2.23. The van der Waals surface area contributed by atoms with Crippen LogP contribution >= 0.6 is 11.6 Å². The maximum atomic E-state index is 5.96. The first-order valence-electron chi connectivity index (χ1n) is 6.77. The molecule has 1 atom stereocenters. The Labute approximate surface area is 116 Å². The molecule has 0 fully saturated rings. The maximum absolute atomic E-state index is 5.96. The van der Waals surface area contributed by atoms with Gasteiger partial charge in [0.05, 0.1) is 0 Å². The average molecular weight is 269 g/mol. The van der Waals surface area contributed by atoms with Gasteiger partial charge < -0.3 is 10.2 Å². The number of benzene rings is 1. The smallest absolute Gasteiger partial charge is 0.0408 e. The quantitative estimate of drug-likeness (QED) is 0.815. The number of hydrogen-bond acceptors (Lipinski definition) is 2. The van der Waals surface area contributed by atoms with Gasteiger partial charge in [-0.05, 0) is 50.2 Å². The summed E-state index contributed by atoms with van der Waals surface area (Å²) in [6.07, 6.45) is 0. The Kier molecular flexibility index (Phi) is 6.69. The molecule has 0 aliphatic heterocycles. The van der Waals surface area contributed by atoms with Crippen LogP contribution in [0.4, 0.5) is 0 Å². The van der Waals surface area contributed by atoms with E-state index in [0.29, 0.717) is 6.04 Å². The summed E-state index contributed by atoms with van der Waals surface area (Å²) in [5.74, 6) is 0. The molecule has 0 saturated heterocycles. The van der Waals surface area contributed by atoms with Crippen molar-refractivity contribution in [2.24, 2.45) is 0 Å². The fourth-order valence-electron chi connectivity index (χ4n) is 2.08. The van der Waals surface area contributed by atoms with Gasteiger partial charge in [0, 0.05) is 24.2 Å². The van der Waals surface area contributed by atoms with Crippen molar-refractivity contribution in [3.63, 3.8) is 0 Å². The van der Waals surface area contributed by atoms with E-state index in [1.54, 1.807) is 0 Å². The Morgan fingerprint density at radius 3 is 2.50 bits per heavy atom. The molecule has 0 amide bonds. The van der Waals surface area contributed by atoms with E-state index >= 15 is 0 Å². The van der Waals surface area contributed by atoms with Crippen LogP contribution in [0.3, 0.4) is 0 Å². The van der Waals surface area contributed by atoms with Crippen molar-refractivity contribution in [2.75, 3.05) is 19.6 Å². The second-order valence-electron chi connectivity index (χ2n) is 4.84. The van der Waals surface area contributed by atoms with Gasteiger partial charge in [-0.15, -0.1) is 0 Å². The van der Waals surface area contributed by atoms with E-state index in [2.05, 4.69) is 44.0 Å². The minimum absolute atomic E-state index is 0.500. The van der Waals surface area contributed by atoms with Crippen LogP contribution in [0.25, 0.3) is 0 Å². The van der Waals surface area contributed by atoms with Gasteiger partial charge in [0.15, 0.2) is 0 Å². The lowest BCUT2D eigenvalue weighted by molar-refractivity contribution is 0.270. The average Bonchev–Trinajstić information content (AvgIpc) is 2.35. The summed E-state index contributed by atoms with van der Waals surface area (Å²) >= 11 is 5.96. The number of aryl methyl sites for hydroxylation is 1. The van der Waals surface area contributed by atoms with Crippen molar-refractivity contribution >= 4 is 11.6 Å². The molecule has 2 nitrogen and oxygen atoms in total. The summed E-state index contributed by atoms with van der Waals surface area (Å²) in [5, 5.41) is 4.39. The molecule has 1 rings (SSSR count). The minimum Gasteiger partial charge on any atom is -0.309 e. The van der Waals surface area contributed by atoms with Crippen molar-refractivity contribution in [3.8, 4) is 0 Å². The third-order valence-electron chi connectivity index (χ3n) is 3.37. The molecule has 1 unspecified atom stereocenters. The highest BCUT2D eigenvalue weighted by Crippen LogP contribution is 2.15. The minimum atomic E-state index is 0.500. The van der Waals surface area contributed by atoms with E-state index in [0.717, 1.165) is 31.2 Å². The molecule has 0 heterocycles. The molecule has 0 spiro atoms. The Balaban J connectivity index is 2.44. The molecule has 3 heteroatoms. The third-order valence-corrected chi connectivity index (χ3v) is 3.61. The number of nitrogens with zero attached hydrogens (tertiary/aromatic N) is 1. The van der Waals surface area contributed by atoms with Crippen molar-refractivity contribution < 1.29 is 0 Å². The van der Waals surface area contributed by atoms with E-state index in [4.69, 9.17) is 11.6 Å². The zero-order chi connectivity index (χ0) is 13.5. The fraction of sp³-hybridized carbons (Fsp3) is 0.600. The topological polar surface area (TPSA) is 15.3 Å². The number of rotatable bonds is 7. The third kappa shape index (κ3) is 4.97. The van der Waals surface area contributed by atoms with Gasteiger partial charge in [-0.2, -0.15) is 0 Å². The van der Waals surface area contributed by atoms with Crippen LogP contribution in [-0.2, 0) is 6.54 Å². The van der Waals surface area contributed by atoms with Gasteiger partial charge in [0.25, 0.3) is 0 Å². The van der Waals surface area contributed by atoms with Gasteiger partial charge in [-0.25, -0.2) is 0 Å². The van der Waals surface area contributed by atoms with Crippen LogP contribution in [-0.4, -0.2) is 30.6 Å². The predicted molar refractivity (Wildman–Crippen MR) is 80.3 cm³/mol. The molecule has 0 aromatic heterocycles. The molecule has 1 aromatic carbocycles. The SMILES string of the molecule is CCN(CC)CC(C)NCc1ccc(Cl)cc1C.